The molecule has 0 aliphatic carbocycles. The van der Waals surface area contributed by atoms with Crippen LogP contribution in [0, 0.1) is 5.82 Å². The highest BCUT2D eigenvalue weighted by Gasteiger charge is 2.38. The predicted molar refractivity (Wildman–Crippen MR) is 200 cm³/mol. The van der Waals surface area contributed by atoms with E-state index in [4.69, 9.17) is 4.74 Å². The van der Waals surface area contributed by atoms with Crippen molar-refractivity contribution in [2.24, 2.45) is 0 Å². The summed E-state index contributed by atoms with van der Waals surface area (Å²) in [5, 5.41) is 11.0. The van der Waals surface area contributed by atoms with Gasteiger partial charge >= 0.3 is 0 Å². The number of amides is 5. The molecule has 3 atom stereocenters. The lowest BCUT2D eigenvalue weighted by molar-refractivity contribution is -0.140. The minimum Gasteiger partial charge on any atom is -0.491 e. The smallest absolute Gasteiger partial charge is 0.258 e. The van der Waals surface area contributed by atoms with Gasteiger partial charge in [0, 0.05) is 52.4 Å². The quantitative estimate of drug-likeness (QED) is 0.234. The third kappa shape index (κ3) is 9.11. The molecule has 3 heterocycles. The number of ether oxygens (including phenoxy) is 1. The van der Waals surface area contributed by atoms with Crippen LogP contribution in [-0.2, 0) is 25.6 Å². The number of carbonyl (C=O) groups excluding carboxylic acids is 5. The van der Waals surface area contributed by atoms with Gasteiger partial charge in [-0.05, 0) is 59.5 Å². The van der Waals surface area contributed by atoms with Gasteiger partial charge in [0.15, 0.2) is 0 Å². The molecule has 1 fully saturated rings. The van der Waals surface area contributed by atoms with Crippen LogP contribution in [0.5, 0.6) is 5.75 Å². The topological polar surface area (TPSA) is 153 Å². The summed E-state index contributed by atoms with van der Waals surface area (Å²) in [6.45, 7) is 0.434. The Morgan fingerprint density at radius 1 is 0.944 bits per heavy atom. The molecule has 2 aliphatic rings. The standard InChI is InChI=1S/C40H44FN7O6/c1-46-24-38(51)48-23-29(45-36(49)20-27-10-7-9-26-8-3-4-11-31(26)27)22-30(48)25-54-34-15-13-28(41)21-32(34)40(53)47(2)33(14-16-37(46)50)39(52)44-19-18-43-35-12-5-6-17-42-35/h3-13,15,17,21,29-30,33H,14,16,18-20,22-25H2,1-2H3,(H,42,43)(H,44,52)(H,45,49)/t29-,30-,33-/m0/s1. The monoisotopic (exact) mass is 737 g/mol. The average Bonchev–Trinajstić information content (AvgIpc) is 3.58. The van der Waals surface area contributed by atoms with Gasteiger partial charge < -0.3 is 35.4 Å². The summed E-state index contributed by atoms with van der Waals surface area (Å²) >= 11 is 0. The first kappa shape index (κ1) is 37.7. The molecule has 0 spiro atoms. The van der Waals surface area contributed by atoms with Crippen molar-refractivity contribution in [2.75, 3.05) is 52.2 Å². The van der Waals surface area contributed by atoms with Crippen LogP contribution in [-0.4, -0.2) is 114 Å². The maximum absolute atomic E-state index is 14.6. The Morgan fingerprint density at radius 3 is 2.56 bits per heavy atom. The maximum Gasteiger partial charge on any atom is 0.258 e. The Bertz CT molecular complexity index is 2010. The van der Waals surface area contributed by atoms with Gasteiger partial charge in [-0.3, -0.25) is 24.0 Å². The Kier molecular flexibility index (Phi) is 12.0. The Labute approximate surface area is 312 Å². The molecule has 14 heteroatoms. The highest BCUT2D eigenvalue weighted by Crippen LogP contribution is 2.27. The molecule has 0 unspecified atom stereocenters. The zero-order valence-corrected chi connectivity index (χ0v) is 30.3. The number of benzene rings is 3. The number of aromatic nitrogens is 1. The number of halogens is 1. The molecule has 1 saturated heterocycles. The first-order chi connectivity index (χ1) is 26.1. The van der Waals surface area contributed by atoms with E-state index < -0.39 is 41.7 Å². The van der Waals surface area contributed by atoms with Gasteiger partial charge in [-0.2, -0.15) is 0 Å². The summed E-state index contributed by atoms with van der Waals surface area (Å²) in [6, 6.07) is 20.6. The van der Waals surface area contributed by atoms with Crippen molar-refractivity contribution in [2.45, 2.75) is 43.8 Å². The first-order valence-electron chi connectivity index (χ1n) is 18.0. The first-order valence-corrected chi connectivity index (χ1v) is 18.0. The van der Waals surface area contributed by atoms with E-state index >= 15 is 0 Å². The number of hydrogen-bond acceptors (Lipinski definition) is 8. The van der Waals surface area contributed by atoms with Crippen LogP contribution in [0.2, 0.25) is 0 Å². The number of fused-ring (bicyclic) bond motifs is 3. The van der Waals surface area contributed by atoms with Gasteiger partial charge in [-0.25, -0.2) is 9.37 Å². The Hall–Kier alpha value is -6.05. The molecule has 0 radical (unpaired) electrons. The zero-order valence-electron chi connectivity index (χ0n) is 30.3. The molecule has 282 valence electrons. The molecule has 5 amide bonds. The lowest BCUT2D eigenvalue weighted by atomic mass is 10.0. The predicted octanol–water partition coefficient (Wildman–Crippen LogP) is 3.00. The molecule has 1 aromatic heterocycles. The molecular weight excluding hydrogens is 693 g/mol. The SMILES string of the molecule is CN1CC(=O)N2C[C@@H](NC(=O)Cc3cccc4ccccc34)C[C@H]2COc2ccc(F)cc2C(=O)N(C)[C@H](C(=O)NCCNc2ccccn2)CCC1=O. The molecule has 0 saturated carbocycles. The Morgan fingerprint density at radius 2 is 1.74 bits per heavy atom. The third-order valence-electron chi connectivity index (χ3n) is 9.85. The van der Waals surface area contributed by atoms with E-state index in [1.54, 1.807) is 23.2 Å². The molecular formula is C40H44FN7O6. The average molecular weight is 738 g/mol. The van der Waals surface area contributed by atoms with Gasteiger partial charge in [0.05, 0.1) is 24.6 Å². The van der Waals surface area contributed by atoms with E-state index in [1.807, 2.05) is 48.5 Å². The van der Waals surface area contributed by atoms with Gasteiger partial charge in [0.1, 0.15) is 30.0 Å². The number of anilines is 1. The molecule has 6 rings (SSSR count). The van der Waals surface area contributed by atoms with Crippen LogP contribution in [0.1, 0.15) is 35.2 Å². The number of pyridine rings is 1. The second-order valence-electron chi connectivity index (χ2n) is 13.6. The van der Waals surface area contributed by atoms with E-state index in [1.165, 1.54) is 36.0 Å². The Balaban J connectivity index is 1.18. The number of nitrogens with zero attached hydrogens (tertiary/aromatic N) is 4. The number of likely N-dealkylation sites (N-methyl/N-ethyl adjacent to an activating group) is 2. The highest BCUT2D eigenvalue weighted by molar-refractivity contribution is 6.00. The van der Waals surface area contributed by atoms with Crippen LogP contribution in [0.25, 0.3) is 10.8 Å². The van der Waals surface area contributed by atoms with Crippen LogP contribution < -0.4 is 20.7 Å². The van der Waals surface area contributed by atoms with Crippen molar-refractivity contribution >= 4 is 46.1 Å². The normalized spacial score (nSPS) is 19.6. The van der Waals surface area contributed by atoms with Crippen molar-refractivity contribution < 1.29 is 33.1 Å². The molecule has 2 aliphatic heterocycles. The third-order valence-corrected chi connectivity index (χ3v) is 9.85. The van der Waals surface area contributed by atoms with E-state index in [0.717, 1.165) is 22.4 Å². The summed E-state index contributed by atoms with van der Waals surface area (Å²) in [5.41, 5.74) is 0.773. The van der Waals surface area contributed by atoms with Crippen molar-refractivity contribution in [3.05, 3.63) is 102 Å². The van der Waals surface area contributed by atoms with Gasteiger partial charge in [-0.15, -0.1) is 0 Å². The summed E-state index contributed by atoms with van der Waals surface area (Å²) in [5.74, 6) is -2.09. The van der Waals surface area contributed by atoms with Crippen molar-refractivity contribution in [1.29, 1.82) is 0 Å². The van der Waals surface area contributed by atoms with Crippen molar-refractivity contribution in [1.82, 2.24) is 30.3 Å². The number of rotatable bonds is 8. The molecule has 13 nitrogen and oxygen atoms in total. The van der Waals surface area contributed by atoms with Crippen LogP contribution in [0.15, 0.2) is 85.1 Å². The molecule has 0 bridgehead atoms. The van der Waals surface area contributed by atoms with Crippen LogP contribution in [0.3, 0.4) is 0 Å². The molecule has 3 aromatic carbocycles. The lowest BCUT2D eigenvalue weighted by Gasteiger charge is -2.28. The zero-order chi connectivity index (χ0) is 38.2. The van der Waals surface area contributed by atoms with Crippen molar-refractivity contribution in [3.63, 3.8) is 0 Å². The maximum atomic E-state index is 14.6. The van der Waals surface area contributed by atoms with E-state index in [9.17, 15) is 28.4 Å². The summed E-state index contributed by atoms with van der Waals surface area (Å²) < 4.78 is 20.8. The number of carbonyl (C=O) groups is 5. The second kappa shape index (κ2) is 17.2. The lowest BCUT2D eigenvalue weighted by Crippen LogP contribution is -2.49. The summed E-state index contributed by atoms with van der Waals surface area (Å²) in [4.78, 5) is 76.1. The highest BCUT2D eigenvalue weighted by atomic mass is 19.1. The van der Waals surface area contributed by atoms with E-state index in [-0.39, 0.29) is 68.6 Å². The van der Waals surface area contributed by atoms with Crippen LogP contribution in [0.4, 0.5) is 10.2 Å². The fraction of sp³-hybridized carbons (Fsp3) is 0.350. The van der Waals surface area contributed by atoms with Crippen LogP contribution >= 0.6 is 0 Å². The minimum atomic E-state index is -1.09. The van der Waals surface area contributed by atoms with Gasteiger partial charge in [-0.1, -0.05) is 48.5 Å². The second-order valence-corrected chi connectivity index (χ2v) is 13.6. The molecule has 3 N–H and O–H groups in total. The number of hydrogen-bond donors (Lipinski definition) is 3. The fourth-order valence-corrected chi connectivity index (χ4v) is 6.99. The number of nitrogens with one attached hydrogen (secondary N) is 3. The largest absolute Gasteiger partial charge is 0.491 e. The van der Waals surface area contributed by atoms with Gasteiger partial charge in [0.25, 0.3) is 5.91 Å². The fourth-order valence-electron chi connectivity index (χ4n) is 6.99. The van der Waals surface area contributed by atoms with E-state index in [0.29, 0.717) is 18.8 Å². The van der Waals surface area contributed by atoms with E-state index in [2.05, 4.69) is 20.9 Å². The molecule has 4 aromatic rings. The van der Waals surface area contributed by atoms with Gasteiger partial charge in [0.2, 0.25) is 23.6 Å². The summed E-state index contributed by atoms with van der Waals surface area (Å²) in [7, 11) is 2.93. The molecule has 54 heavy (non-hydrogen) atoms. The minimum absolute atomic E-state index is 0.0538. The van der Waals surface area contributed by atoms with Crippen molar-refractivity contribution in [3.8, 4) is 5.75 Å². The summed E-state index contributed by atoms with van der Waals surface area (Å²) in [6.07, 6.45) is 1.95.